The molecule has 0 radical (unpaired) electrons. The SMILES string of the molecule is CCOc1cc2c(cc1CN1CCN(C)CC1)CC(CC)N(C)C2. The molecule has 0 spiro atoms. The Hall–Kier alpha value is -1.10. The van der Waals surface area contributed by atoms with E-state index in [0.29, 0.717) is 6.04 Å². The zero-order valence-corrected chi connectivity index (χ0v) is 15.8. The molecule has 0 saturated carbocycles. The van der Waals surface area contributed by atoms with Gasteiger partial charge in [-0.1, -0.05) is 13.0 Å². The van der Waals surface area contributed by atoms with Gasteiger partial charge in [-0.15, -0.1) is 0 Å². The first-order chi connectivity index (χ1) is 11.6. The van der Waals surface area contributed by atoms with E-state index in [1.807, 2.05) is 0 Å². The molecule has 2 aliphatic rings. The lowest BCUT2D eigenvalue weighted by Gasteiger charge is -2.35. The summed E-state index contributed by atoms with van der Waals surface area (Å²) in [7, 11) is 4.46. The van der Waals surface area contributed by atoms with Gasteiger partial charge in [0.2, 0.25) is 0 Å². The summed E-state index contributed by atoms with van der Waals surface area (Å²) in [6, 6.07) is 5.42. The molecule has 134 valence electrons. The Morgan fingerprint density at radius 3 is 2.46 bits per heavy atom. The largest absolute Gasteiger partial charge is 0.494 e. The average molecular weight is 332 g/mol. The second-order valence-corrected chi connectivity index (χ2v) is 7.42. The van der Waals surface area contributed by atoms with Crippen molar-refractivity contribution >= 4 is 0 Å². The van der Waals surface area contributed by atoms with Crippen LogP contribution in [-0.2, 0) is 19.5 Å². The fourth-order valence-corrected chi connectivity index (χ4v) is 3.98. The monoisotopic (exact) mass is 331 g/mol. The number of ether oxygens (including phenoxy) is 1. The lowest BCUT2D eigenvalue weighted by atomic mass is 9.91. The minimum atomic E-state index is 0.673. The molecule has 2 aliphatic heterocycles. The summed E-state index contributed by atoms with van der Waals surface area (Å²) >= 11 is 0. The highest BCUT2D eigenvalue weighted by Gasteiger charge is 2.24. The maximum absolute atomic E-state index is 6.00. The topological polar surface area (TPSA) is 19.0 Å². The molecule has 0 N–H and O–H groups in total. The molecule has 3 rings (SSSR count). The molecule has 1 unspecified atom stereocenters. The second-order valence-electron chi connectivity index (χ2n) is 7.42. The Morgan fingerprint density at radius 1 is 1.04 bits per heavy atom. The third-order valence-electron chi connectivity index (χ3n) is 5.64. The van der Waals surface area contributed by atoms with Crippen LogP contribution in [-0.4, -0.2) is 67.6 Å². The van der Waals surface area contributed by atoms with Gasteiger partial charge in [0.25, 0.3) is 0 Å². The average Bonchev–Trinajstić information content (AvgIpc) is 2.57. The van der Waals surface area contributed by atoms with Crippen molar-refractivity contribution in [2.24, 2.45) is 0 Å². The Morgan fingerprint density at radius 2 is 1.79 bits per heavy atom. The number of rotatable bonds is 5. The van der Waals surface area contributed by atoms with Crippen molar-refractivity contribution in [3.63, 3.8) is 0 Å². The molecule has 0 amide bonds. The third-order valence-corrected chi connectivity index (χ3v) is 5.64. The van der Waals surface area contributed by atoms with Crippen LogP contribution in [0.5, 0.6) is 5.75 Å². The van der Waals surface area contributed by atoms with E-state index in [1.165, 1.54) is 29.5 Å². The van der Waals surface area contributed by atoms with E-state index in [4.69, 9.17) is 4.74 Å². The molecule has 24 heavy (non-hydrogen) atoms. The van der Waals surface area contributed by atoms with E-state index in [-0.39, 0.29) is 0 Å². The fraction of sp³-hybridized carbons (Fsp3) is 0.700. The van der Waals surface area contributed by atoms with Crippen molar-refractivity contribution in [2.45, 2.75) is 45.8 Å². The smallest absolute Gasteiger partial charge is 0.124 e. The Balaban J connectivity index is 1.82. The second kappa shape index (κ2) is 7.85. The van der Waals surface area contributed by atoms with Gasteiger partial charge >= 0.3 is 0 Å². The van der Waals surface area contributed by atoms with Crippen molar-refractivity contribution in [1.82, 2.24) is 14.7 Å². The van der Waals surface area contributed by atoms with Crippen LogP contribution in [0.2, 0.25) is 0 Å². The van der Waals surface area contributed by atoms with E-state index in [2.05, 4.69) is 54.8 Å². The first-order valence-electron chi connectivity index (χ1n) is 9.49. The lowest BCUT2D eigenvalue weighted by Crippen LogP contribution is -2.44. The minimum absolute atomic E-state index is 0.673. The van der Waals surface area contributed by atoms with Gasteiger partial charge in [0.1, 0.15) is 5.75 Å². The van der Waals surface area contributed by atoms with Gasteiger partial charge in [0.15, 0.2) is 0 Å². The fourth-order valence-electron chi connectivity index (χ4n) is 3.98. The highest BCUT2D eigenvalue weighted by molar-refractivity contribution is 5.44. The normalized spacial score (nSPS) is 23.2. The predicted molar refractivity (Wildman–Crippen MR) is 99.6 cm³/mol. The number of nitrogens with zero attached hydrogens (tertiary/aromatic N) is 3. The van der Waals surface area contributed by atoms with Gasteiger partial charge in [0, 0.05) is 50.9 Å². The van der Waals surface area contributed by atoms with Crippen LogP contribution in [0.25, 0.3) is 0 Å². The highest BCUT2D eigenvalue weighted by Crippen LogP contribution is 2.31. The molecule has 4 nitrogen and oxygen atoms in total. The molecule has 0 bridgehead atoms. The van der Waals surface area contributed by atoms with Gasteiger partial charge < -0.3 is 9.64 Å². The Bertz CT molecular complexity index is 552. The van der Waals surface area contributed by atoms with Crippen LogP contribution in [0.4, 0.5) is 0 Å². The molecular formula is C20H33N3O. The van der Waals surface area contributed by atoms with Gasteiger partial charge in [-0.25, -0.2) is 0 Å². The van der Waals surface area contributed by atoms with Crippen molar-refractivity contribution in [3.05, 3.63) is 28.8 Å². The summed E-state index contributed by atoms with van der Waals surface area (Å²) < 4.78 is 6.00. The number of hydrogen-bond donors (Lipinski definition) is 0. The zero-order valence-electron chi connectivity index (χ0n) is 15.8. The Kier molecular flexibility index (Phi) is 5.80. The molecule has 4 heteroatoms. The predicted octanol–water partition coefficient (Wildman–Crippen LogP) is 2.60. The summed E-state index contributed by atoms with van der Waals surface area (Å²) in [6.45, 7) is 11.8. The molecule has 2 heterocycles. The summed E-state index contributed by atoms with van der Waals surface area (Å²) in [4.78, 5) is 7.46. The van der Waals surface area contributed by atoms with Crippen molar-refractivity contribution in [1.29, 1.82) is 0 Å². The first kappa shape index (κ1) is 17.7. The molecular weight excluding hydrogens is 298 g/mol. The van der Waals surface area contributed by atoms with Gasteiger partial charge in [-0.05, 0) is 51.1 Å². The van der Waals surface area contributed by atoms with E-state index in [0.717, 1.165) is 51.6 Å². The van der Waals surface area contributed by atoms with E-state index < -0.39 is 0 Å². The van der Waals surface area contributed by atoms with Crippen LogP contribution < -0.4 is 4.74 Å². The van der Waals surface area contributed by atoms with Crippen LogP contribution in [0.1, 0.15) is 37.0 Å². The van der Waals surface area contributed by atoms with Gasteiger partial charge in [0.05, 0.1) is 6.61 Å². The minimum Gasteiger partial charge on any atom is -0.494 e. The maximum atomic E-state index is 6.00. The van der Waals surface area contributed by atoms with E-state index in [1.54, 1.807) is 0 Å². The van der Waals surface area contributed by atoms with Crippen molar-refractivity contribution in [2.75, 3.05) is 46.9 Å². The third kappa shape index (κ3) is 3.93. The lowest BCUT2D eigenvalue weighted by molar-refractivity contribution is 0.146. The van der Waals surface area contributed by atoms with Crippen LogP contribution in [0.15, 0.2) is 12.1 Å². The molecule has 1 atom stereocenters. The number of piperazine rings is 1. The number of benzene rings is 1. The molecule has 1 aromatic carbocycles. The van der Waals surface area contributed by atoms with Crippen LogP contribution >= 0.6 is 0 Å². The molecule has 0 aliphatic carbocycles. The number of hydrogen-bond acceptors (Lipinski definition) is 4. The summed E-state index contributed by atoms with van der Waals surface area (Å²) in [5.74, 6) is 1.10. The van der Waals surface area contributed by atoms with E-state index >= 15 is 0 Å². The summed E-state index contributed by atoms with van der Waals surface area (Å²) in [5, 5.41) is 0. The highest BCUT2D eigenvalue weighted by atomic mass is 16.5. The maximum Gasteiger partial charge on any atom is 0.124 e. The number of fused-ring (bicyclic) bond motifs is 1. The molecule has 1 aromatic rings. The Labute approximate surface area is 147 Å². The molecule has 0 aromatic heterocycles. The van der Waals surface area contributed by atoms with Crippen molar-refractivity contribution < 1.29 is 4.74 Å². The number of likely N-dealkylation sites (N-methyl/N-ethyl adjacent to an activating group) is 2. The van der Waals surface area contributed by atoms with Crippen LogP contribution in [0.3, 0.4) is 0 Å². The molecule has 1 saturated heterocycles. The zero-order chi connectivity index (χ0) is 17.1. The van der Waals surface area contributed by atoms with Gasteiger partial charge in [-0.3, -0.25) is 9.80 Å². The van der Waals surface area contributed by atoms with E-state index in [9.17, 15) is 0 Å². The quantitative estimate of drug-likeness (QED) is 0.825. The molecule has 1 fully saturated rings. The summed E-state index contributed by atoms with van der Waals surface area (Å²) in [6.07, 6.45) is 2.39. The van der Waals surface area contributed by atoms with Crippen LogP contribution in [0, 0.1) is 0 Å². The standard InChI is InChI=1S/C20H33N3O/c1-5-19-12-16-11-18(15-23-9-7-21(3)8-10-23)20(24-6-2)13-17(16)14-22(19)4/h11,13,19H,5-10,12,14-15H2,1-4H3. The summed E-state index contributed by atoms with van der Waals surface area (Å²) in [5.41, 5.74) is 4.36. The van der Waals surface area contributed by atoms with Crippen molar-refractivity contribution in [3.8, 4) is 5.75 Å². The first-order valence-corrected chi connectivity index (χ1v) is 9.49. The van der Waals surface area contributed by atoms with Gasteiger partial charge in [-0.2, -0.15) is 0 Å².